The van der Waals surface area contributed by atoms with Gasteiger partial charge in [-0.2, -0.15) is 21.6 Å². The number of ether oxygens (including phenoxy) is 3. The van der Waals surface area contributed by atoms with Crippen molar-refractivity contribution in [3.63, 3.8) is 0 Å². The molecule has 0 amide bonds. The van der Waals surface area contributed by atoms with Crippen LogP contribution in [0.25, 0.3) is 20.9 Å². The van der Waals surface area contributed by atoms with Gasteiger partial charge in [0.2, 0.25) is 0 Å². The van der Waals surface area contributed by atoms with Crippen LogP contribution in [0, 0.1) is 0 Å². The SMILES string of the molecule is CC(=O)OC[C@H]1O[C@H](OS(=O)(=O)C(F)(F)F)[C@@H](N=[N+]=[N-])[C@@H](N=[N+]=[N-])[C@@H]1OC(C)=O. The van der Waals surface area contributed by atoms with Gasteiger partial charge in [0.15, 0.2) is 6.29 Å². The zero-order valence-corrected chi connectivity index (χ0v) is 15.4. The van der Waals surface area contributed by atoms with E-state index in [2.05, 4.69) is 29.0 Å². The minimum atomic E-state index is -6.24. The highest BCUT2D eigenvalue weighted by Gasteiger charge is 2.54. The van der Waals surface area contributed by atoms with Gasteiger partial charge in [-0.15, -0.1) is 0 Å². The van der Waals surface area contributed by atoms with Crippen molar-refractivity contribution in [2.24, 2.45) is 10.2 Å². The predicted octanol–water partition coefficient (Wildman–Crippen LogP) is 1.43. The Bertz CT molecular complexity index is 838. The molecule has 5 atom stereocenters. The van der Waals surface area contributed by atoms with E-state index in [9.17, 15) is 31.2 Å². The second-order valence-electron chi connectivity index (χ2n) is 5.31. The van der Waals surface area contributed by atoms with E-state index in [1.165, 1.54) is 0 Å². The van der Waals surface area contributed by atoms with E-state index in [1.807, 2.05) is 0 Å². The lowest BCUT2D eigenvalue weighted by Gasteiger charge is -2.41. The lowest BCUT2D eigenvalue weighted by Crippen LogP contribution is -2.59. The Morgan fingerprint density at radius 1 is 1.10 bits per heavy atom. The molecule has 0 N–H and O–H groups in total. The highest BCUT2D eigenvalue weighted by atomic mass is 32.2. The number of alkyl halides is 3. The number of esters is 2. The lowest BCUT2D eigenvalue weighted by atomic mass is 9.95. The molecule has 29 heavy (non-hydrogen) atoms. The Morgan fingerprint density at radius 3 is 2.10 bits per heavy atom. The van der Waals surface area contributed by atoms with Crippen molar-refractivity contribution >= 4 is 22.1 Å². The van der Waals surface area contributed by atoms with Crippen molar-refractivity contribution in [2.45, 2.75) is 49.9 Å². The zero-order valence-electron chi connectivity index (χ0n) is 14.6. The van der Waals surface area contributed by atoms with Crippen molar-refractivity contribution < 1.29 is 49.6 Å². The van der Waals surface area contributed by atoms with Crippen molar-refractivity contribution in [1.29, 1.82) is 0 Å². The summed E-state index contributed by atoms with van der Waals surface area (Å²) in [7, 11) is -6.24. The average molecular weight is 446 g/mol. The van der Waals surface area contributed by atoms with Gasteiger partial charge in [-0.3, -0.25) is 9.59 Å². The lowest BCUT2D eigenvalue weighted by molar-refractivity contribution is -0.225. The van der Waals surface area contributed by atoms with Crippen molar-refractivity contribution in [1.82, 2.24) is 0 Å². The number of rotatable bonds is 7. The van der Waals surface area contributed by atoms with Crippen molar-refractivity contribution in [3.05, 3.63) is 20.9 Å². The van der Waals surface area contributed by atoms with Crippen LogP contribution < -0.4 is 0 Å². The maximum atomic E-state index is 12.7. The fraction of sp³-hybridized carbons (Fsp3) is 0.818. The van der Waals surface area contributed by atoms with Crippen LogP contribution in [-0.4, -0.2) is 63.1 Å². The van der Waals surface area contributed by atoms with Gasteiger partial charge in [0.05, 0.1) is 6.04 Å². The topological polar surface area (TPSA) is 203 Å². The van der Waals surface area contributed by atoms with E-state index in [0.29, 0.717) is 0 Å². The number of nitrogens with zero attached hydrogens (tertiary/aromatic N) is 6. The predicted molar refractivity (Wildman–Crippen MR) is 82.8 cm³/mol. The number of hydrogen-bond acceptors (Lipinski definition) is 10. The van der Waals surface area contributed by atoms with Gasteiger partial charge in [0.1, 0.15) is 24.9 Å². The minimum Gasteiger partial charge on any atom is -0.463 e. The first-order valence-corrected chi connectivity index (χ1v) is 8.79. The summed E-state index contributed by atoms with van der Waals surface area (Å²) in [6.07, 6.45) is -5.69. The molecule has 1 aliphatic rings. The highest BCUT2D eigenvalue weighted by molar-refractivity contribution is 7.87. The maximum absolute atomic E-state index is 12.7. The normalized spacial score (nSPS) is 27.1. The van der Waals surface area contributed by atoms with Gasteiger partial charge in [0.25, 0.3) is 0 Å². The van der Waals surface area contributed by atoms with E-state index >= 15 is 0 Å². The molecule has 0 bridgehead atoms. The van der Waals surface area contributed by atoms with E-state index in [1.54, 1.807) is 0 Å². The molecule has 0 saturated carbocycles. The molecule has 1 aliphatic heterocycles. The summed E-state index contributed by atoms with van der Waals surface area (Å²) in [4.78, 5) is 27.1. The van der Waals surface area contributed by atoms with Crippen LogP contribution in [-0.2, 0) is 38.1 Å². The fourth-order valence-corrected chi connectivity index (χ4v) is 2.73. The van der Waals surface area contributed by atoms with E-state index in [0.717, 1.165) is 13.8 Å². The second kappa shape index (κ2) is 9.62. The molecule has 0 aromatic rings. The molecule has 14 nitrogen and oxygen atoms in total. The molecule has 0 aromatic heterocycles. The Labute approximate surface area is 160 Å². The van der Waals surface area contributed by atoms with E-state index in [-0.39, 0.29) is 0 Å². The molecule has 1 fully saturated rings. The molecule has 1 heterocycles. The Kier molecular flexibility index (Phi) is 8.05. The number of carbonyl (C=O) groups is 2. The van der Waals surface area contributed by atoms with Gasteiger partial charge in [-0.05, 0) is 11.1 Å². The number of carbonyl (C=O) groups excluding carboxylic acids is 2. The summed E-state index contributed by atoms with van der Waals surface area (Å²) >= 11 is 0. The van der Waals surface area contributed by atoms with Crippen molar-refractivity contribution in [2.75, 3.05) is 6.61 Å². The Balaban J connectivity index is 3.43. The molecular weight excluding hydrogens is 433 g/mol. The van der Waals surface area contributed by atoms with Gasteiger partial charge in [0, 0.05) is 23.7 Å². The highest BCUT2D eigenvalue weighted by Crippen LogP contribution is 2.33. The van der Waals surface area contributed by atoms with Crippen LogP contribution in [0.15, 0.2) is 10.2 Å². The molecule has 0 unspecified atom stereocenters. The first kappa shape index (κ1) is 24.3. The van der Waals surface area contributed by atoms with Gasteiger partial charge < -0.3 is 14.2 Å². The third-order valence-corrected chi connectivity index (χ3v) is 4.28. The van der Waals surface area contributed by atoms with Crippen LogP contribution in [0.1, 0.15) is 13.8 Å². The molecular formula is C11H13F3N6O8S. The van der Waals surface area contributed by atoms with Crippen LogP contribution in [0.2, 0.25) is 0 Å². The number of hydrogen-bond donors (Lipinski definition) is 0. The number of halogens is 3. The van der Waals surface area contributed by atoms with Gasteiger partial charge in [-0.25, -0.2) is 4.18 Å². The smallest absolute Gasteiger partial charge is 0.463 e. The molecule has 18 heteroatoms. The monoisotopic (exact) mass is 446 g/mol. The molecule has 1 rings (SSSR count). The molecule has 0 spiro atoms. The molecule has 162 valence electrons. The van der Waals surface area contributed by atoms with Crippen LogP contribution in [0.4, 0.5) is 13.2 Å². The van der Waals surface area contributed by atoms with E-state index in [4.69, 9.17) is 20.5 Å². The standard InChI is InChI=1S/C11H13F3N6O8S/c1-4(21)25-3-6-9(26-5(2)22)7(17-19-15)8(18-20-16)10(27-6)28-29(23,24)11(12,13)14/h6-10H,3H2,1-2H3/t6-,7-,8+,9-,10-/m1/s1. The maximum Gasteiger partial charge on any atom is 0.523 e. The fourth-order valence-electron chi connectivity index (χ4n) is 2.21. The summed E-state index contributed by atoms with van der Waals surface area (Å²) in [6, 6.07) is -3.76. The third kappa shape index (κ3) is 6.37. The van der Waals surface area contributed by atoms with E-state index < -0.39 is 64.8 Å². The molecule has 1 saturated heterocycles. The first-order valence-electron chi connectivity index (χ1n) is 7.38. The zero-order chi connectivity index (χ0) is 22.4. The van der Waals surface area contributed by atoms with Crippen LogP contribution in [0.3, 0.4) is 0 Å². The summed E-state index contributed by atoms with van der Waals surface area (Å²) in [5.41, 5.74) is 11.5. The molecule has 0 radical (unpaired) electrons. The van der Waals surface area contributed by atoms with Gasteiger partial charge in [-0.1, -0.05) is 10.2 Å². The molecule has 0 aromatic carbocycles. The minimum absolute atomic E-state index is 0.750. The Morgan fingerprint density at radius 2 is 1.66 bits per heavy atom. The van der Waals surface area contributed by atoms with Gasteiger partial charge >= 0.3 is 27.6 Å². The first-order chi connectivity index (χ1) is 13.3. The largest absolute Gasteiger partial charge is 0.523 e. The van der Waals surface area contributed by atoms with Crippen LogP contribution >= 0.6 is 0 Å². The van der Waals surface area contributed by atoms with Crippen molar-refractivity contribution in [3.8, 4) is 0 Å². The quantitative estimate of drug-likeness (QED) is 0.139. The van der Waals surface area contributed by atoms with Crippen LogP contribution in [0.5, 0.6) is 0 Å². The second-order valence-corrected chi connectivity index (χ2v) is 6.87. The molecule has 0 aliphatic carbocycles. The summed E-state index contributed by atoms with van der Waals surface area (Å²) < 4.78 is 79.1. The average Bonchev–Trinajstić information content (AvgIpc) is 2.56. The third-order valence-electron chi connectivity index (χ3n) is 3.27. The number of azide groups is 2. The summed E-state index contributed by atoms with van der Waals surface area (Å²) in [6.45, 7) is 1.15. The summed E-state index contributed by atoms with van der Waals surface area (Å²) in [5, 5.41) is 6.25. The Hall–Kier alpha value is -2.78. The summed E-state index contributed by atoms with van der Waals surface area (Å²) in [5.74, 6) is -1.83.